The van der Waals surface area contributed by atoms with Gasteiger partial charge in [0.1, 0.15) is 0 Å². The van der Waals surface area contributed by atoms with Crippen LogP contribution in [0.4, 0.5) is 0 Å². The minimum atomic E-state index is -3.17. The minimum absolute atomic E-state index is 0.0413. The number of hydrogen-bond acceptors (Lipinski definition) is 4. The van der Waals surface area contributed by atoms with Crippen molar-refractivity contribution in [1.29, 1.82) is 5.26 Å². The molecule has 6 nitrogen and oxygen atoms in total. The van der Waals surface area contributed by atoms with E-state index < -0.39 is 10.0 Å². The van der Waals surface area contributed by atoms with Crippen molar-refractivity contribution in [1.82, 2.24) is 9.62 Å². The van der Waals surface area contributed by atoms with Crippen molar-refractivity contribution >= 4 is 15.9 Å². The van der Waals surface area contributed by atoms with E-state index in [0.29, 0.717) is 31.5 Å². The number of nitrogens with one attached hydrogen (secondary N) is 1. The second kappa shape index (κ2) is 7.77. The SMILES string of the molecule is CCS(=O)(=O)N1CCC(C(=O)NC(C)c2ccc(C#N)cc2)CC1. The summed E-state index contributed by atoms with van der Waals surface area (Å²) in [5.41, 5.74) is 1.52. The fourth-order valence-electron chi connectivity index (χ4n) is 2.84. The van der Waals surface area contributed by atoms with Gasteiger partial charge < -0.3 is 5.32 Å². The van der Waals surface area contributed by atoms with E-state index in [-0.39, 0.29) is 23.6 Å². The first kappa shape index (κ1) is 18.4. The van der Waals surface area contributed by atoms with Gasteiger partial charge in [-0.25, -0.2) is 12.7 Å². The van der Waals surface area contributed by atoms with Crippen LogP contribution in [0.1, 0.15) is 43.9 Å². The van der Waals surface area contributed by atoms with Crippen LogP contribution < -0.4 is 5.32 Å². The molecule has 0 saturated carbocycles. The highest BCUT2D eigenvalue weighted by atomic mass is 32.2. The molecule has 2 rings (SSSR count). The third-order valence-corrected chi connectivity index (χ3v) is 6.36. The first-order chi connectivity index (χ1) is 11.4. The number of sulfonamides is 1. The van der Waals surface area contributed by atoms with E-state index in [0.717, 1.165) is 5.56 Å². The van der Waals surface area contributed by atoms with E-state index in [1.54, 1.807) is 19.1 Å². The van der Waals surface area contributed by atoms with Crippen LogP contribution in [0.25, 0.3) is 0 Å². The standard InChI is InChI=1S/C17H23N3O3S/c1-3-24(22,23)20-10-8-16(9-11-20)17(21)19-13(2)15-6-4-14(12-18)5-7-15/h4-7,13,16H,3,8-11H2,1-2H3,(H,19,21). The third kappa shape index (κ3) is 4.34. The highest BCUT2D eigenvalue weighted by Crippen LogP contribution is 2.21. The maximum absolute atomic E-state index is 12.4. The van der Waals surface area contributed by atoms with Crippen LogP contribution in [0, 0.1) is 17.2 Å². The number of hydrogen-bond donors (Lipinski definition) is 1. The number of rotatable bonds is 5. The van der Waals surface area contributed by atoms with E-state index in [1.165, 1.54) is 4.31 Å². The fourth-order valence-corrected chi connectivity index (χ4v) is 3.97. The van der Waals surface area contributed by atoms with Crippen molar-refractivity contribution in [2.75, 3.05) is 18.8 Å². The van der Waals surface area contributed by atoms with Gasteiger partial charge >= 0.3 is 0 Å². The lowest BCUT2D eigenvalue weighted by molar-refractivity contribution is -0.126. The van der Waals surface area contributed by atoms with Crippen LogP contribution in [0.3, 0.4) is 0 Å². The molecular weight excluding hydrogens is 326 g/mol. The minimum Gasteiger partial charge on any atom is -0.349 e. The number of nitriles is 1. The lowest BCUT2D eigenvalue weighted by atomic mass is 9.96. The van der Waals surface area contributed by atoms with Crippen LogP contribution in [0.2, 0.25) is 0 Å². The topological polar surface area (TPSA) is 90.3 Å². The van der Waals surface area contributed by atoms with Gasteiger partial charge in [-0.1, -0.05) is 12.1 Å². The van der Waals surface area contributed by atoms with E-state index in [4.69, 9.17) is 5.26 Å². The summed E-state index contributed by atoms with van der Waals surface area (Å²) in [6, 6.07) is 9.04. The summed E-state index contributed by atoms with van der Waals surface area (Å²) < 4.78 is 25.2. The Kier molecular flexibility index (Phi) is 5.97. The number of carbonyl (C=O) groups is 1. The Morgan fingerprint density at radius 3 is 2.42 bits per heavy atom. The van der Waals surface area contributed by atoms with E-state index in [9.17, 15) is 13.2 Å². The average Bonchev–Trinajstić information content (AvgIpc) is 2.61. The van der Waals surface area contributed by atoms with Gasteiger partial charge in [0.25, 0.3) is 0 Å². The Morgan fingerprint density at radius 2 is 1.92 bits per heavy atom. The van der Waals surface area contributed by atoms with Crippen LogP contribution in [0.5, 0.6) is 0 Å². The molecule has 1 aliphatic heterocycles. The summed E-state index contributed by atoms with van der Waals surface area (Å²) in [7, 11) is -3.17. The van der Waals surface area contributed by atoms with Crippen molar-refractivity contribution in [2.24, 2.45) is 5.92 Å². The summed E-state index contributed by atoms with van der Waals surface area (Å²) >= 11 is 0. The number of carbonyl (C=O) groups excluding carboxylic acids is 1. The van der Waals surface area contributed by atoms with Crippen molar-refractivity contribution in [3.05, 3.63) is 35.4 Å². The zero-order chi connectivity index (χ0) is 17.7. The van der Waals surface area contributed by atoms with Gasteiger partial charge in [0.05, 0.1) is 23.4 Å². The largest absolute Gasteiger partial charge is 0.349 e. The van der Waals surface area contributed by atoms with Gasteiger partial charge in [-0.3, -0.25) is 4.79 Å². The summed E-state index contributed by atoms with van der Waals surface area (Å²) in [4.78, 5) is 12.4. The summed E-state index contributed by atoms with van der Waals surface area (Å²) in [6.45, 7) is 4.34. The zero-order valence-corrected chi connectivity index (χ0v) is 14.8. The molecule has 1 saturated heterocycles. The molecule has 1 fully saturated rings. The first-order valence-electron chi connectivity index (χ1n) is 8.15. The molecule has 1 aromatic carbocycles. The van der Waals surface area contributed by atoms with E-state index in [2.05, 4.69) is 11.4 Å². The zero-order valence-electron chi connectivity index (χ0n) is 14.0. The monoisotopic (exact) mass is 349 g/mol. The molecule has 1 atom stereocenters. The number of piperidine rings is 1. The Labute approximate surface area is 143 Å². The van der Waals surface area contributed by atoms with Crippen molar-refractivity contribution < 1.29 is 13.2 Å². The molecule has 1 unspecified atom stereocenters. The molecule has 1 amide bonds. The third-order valence-electron chi connectivity index (χ3n) is 4.48. The molecule has 1 N–H and O–H groups in total. The first-order valence-corrected chi connectivity index (χ1v) is 9.76. The highest BCUT2D eigenvalue weighted by molar-refractivity contribution is 7.89. The second-order valence-corrected chi connectivity index (χ2v) is 8.30. The quantitative estimate of drug-likeness (QED) is 0.877. The van der Waals surface area contributed by atoms with Gasteiger partial charge in [-0.2, -0.15) is 5.26 Å². The fraction of sp³-hybridized carbons (Fsp3) is 0.529. The summed E-state index contributed by atoms with van der Waals surface area (Å²) in [5, 5.41) is 11.8. The highest BCUT2D eigenvalue weighted by Gasteiger charge is 2.30. The van der Waals surface area contributed by atoms with Gasteiger partial charge in [0.2, 0.25) is 15.9 Å². The Balaban J connectivity index is 1.90. The average molecular weight is 349 g/mol. The van der Waals surface area contributed by atoms with E-state index >= 15 is 0 Å². The van der Waals surface area contributed by atoms with Gasteiger partial charge in [-0.15, -0.1) is 0 Å². The number of amides is 1. The Bertz CT molecular complexity index is 714. The second-order valence-electron chi connectivity index (χ2n) is 6.04. The molecule has 1 aliphatic rings. The lowest BCUT2D eigenvalue weighted by Gasteiger charge is -2.31. The van der Waals surface area contributed by atoms with Crippen LogP contribution in [-0.2, 0) is 14.8 Å². The van der Waals surface area contributed by atoms with Crippen molar-refractivity contribution in [2.45, 2.75) is 32.7 Å². The van der Waals surface area contributed by atoms with Crippen molar-refractivity contribution in [3.8, 4) is 6.07 Å². The molecule has 130 valence electrons. The van der Waals surface area contributed by atoms with Gasteiger partial charge in [-0.05, 0) is 44.4 Å². The molecule has 0 radical (unpaired) electrons. The van der Waals surface area contributed by atoms with Crippen LogP contribution in [-0.4, -0.2) is 37.5 Å². The van der Waals surface area contributed by atoms with E-state index in [1.807, 2.05) is 19.1 Å². The molecule has 1 heterocycles. The van der Waals surface area contributed by atoms with Gasteiger partial charge in [0.15, 0.2) is 0 Å². The summed E-state index contributed by atoms with van der Waals surface area (Å²) in [5.74, 6) is -0.103. The predicted molar refractivity (Wildman–Crippen MR) is 91.5 cm³/mol. The molecule has 0 aromatic heterocycles. The number of benzene rings is 1. The maximum atomic E-state index is 12.4. The molecule has 24 heavy (non-hydrogen) atoms. The van der Waals surface area contributed by atoms with Gasteiger partial charge in [0, 0.05) is 19.0 Å². The molecule has 0 spiro atoms. The molecule has 0 bridgehead atoms. The Hall–Kier alpha value is -1.91. The normalized spacial score (nSPS) is 17.9. The molecule has 7 heteroatoms. The van der Waals surface area contributed by atoms with Crippen LogP contribution in [0.15, 0.2) is 24.3 Å². The number of nitrogens with zero attached hydrogens (tertiary/aromatic N) is 2. The smallest absolute Gasteiger partial charge is 0.223 e. The molecule has 0 aliphatic carbocycles. The Morgan fingerprint density at radius 1 is 1.33 bits per heavy atom. The maximum Gasteiger partial charge on any atom is 0.223 e. The van der Waals surface area contributed by atoms with Crippen LogP contribution >= 0.6 is 0 Å². The molecule has 1 aromatic rings. The molecular formula is C17H23N3O3S. The van der Waals surface area contributed by atoms with Crippen molar-refractivity contribution in [3.63, 3.8) is 0 Å². The lowest BCUT2D eigenvalue weighted by Crippen LogP contribution is -2.43. The predicted octanol–water partition coefficient (Wildman–Crippen LogP) is 1.80. The summed E-state index contributed by atoms with van der Waals surface area (Å²) in [6.07, 6.45) is 1.09.